The Balaban J connectivity index is 2.49. The first-order chi connectivity index (χ1) is 6.33. The molecule has 1 aliphatic rings. The quantitative estimate of drug-likeness (QED) is 0.656. The van der Waals surface area contributed by atoms with Crippen molar-refractivity contribution in [3.05, 3.63) is 0 Å². The molecule has 0 bridgehead atoms. The maximum Gasteiger partial charge on any atom is 0.0526 e. The Bertz CT molecular complexity index is 189. The van der Waals surface area contributed by atoms with E-state index < -0.39 is 0 Å². The van der Waals surface area contributed by atoms with Gasteiger partial charge in [-0.25, -0.2) is 0 Å². The van der Waals surface area contributed by atoms with Gasteiger partial charge in [-0.2, -0.15) is 0 Å². The van der Waals surface area contributed by atoms with Gasteiger partial charge in [0, 0.05) is 19.1 Å². The molecule has 0 aromatic heterocycles. The molecule has 0 aliphatic carbocycles. The maximum atomic E-state index is 6.34. The Kier molecular flexibility index (Phi) is 3.87. The molecule has 0 radical (unpaired) electrons. The first-order valence-electron chi connectivity index (χ1n) is 5.71. The van der Waals surface area contributed by atoms with Crippen LogP contribution in [0.5, 0.6) is 0 Å². The molecule has 0 saturated carbocycles. The van der Waals surface area contributed by atoms with Crippen molar-refractivity contribution in [1.29, 1.82) is 0 Å². The molecule has 1 fully saturated rings. The van der Waals surface area contributed by atoms with Crippen LogP contribution in [-0.2, 0) is 0 Å². The van der Waals surface area contributed by atoms with Gasteiger partial charge in [-0.1, -0.05) is 27.7 Å². The monoisotopic (exact) mass is 217 g/mol. The maximum absolute atomic E-state index is 6.34. The van der Waals surface area contributed by atoms with Crippen LogP contribution in [0, 0.1) is 11.3 Å². The summed E-state index contributed by atoms with van der Waals surface area (Å²) in [6.07, 6.45) is 1.28. The summed E-state index contributed by atoms with van der Waals surface area (Å²) in [4.78, 5) is 2.54. The van der Waals surface area contributed by atoms with E-state index in [1.807, 2.05) is 0 Å². The van der Waals surface area contributed by atoms with Crippen LogP contribution >= 0.6 is 11.6 Å². The third-order valence-electron chi connectivity index (χ3n) is 3.29. The first kappa shape index (κ1) is 12.3. The summed E-state index contributed by atoms with van der Waals surface area (Å²) in [5.74, 6) is 0.780. The van der Waals surface area contributed by atoms with Gasteiger partial charge in [-0.3, -0.25) is 4.90 Å². The largest absolute Gasteiger partial charge is 0.299 e. The minimum absolute atomic E-state index is 0.285. The van der Waals surface area contributed by atoms with Crippen LogP contribution < -0.4 is 0 Å². The standard InChI is InChI=1S/C12H24ClN/c1-9(2)6-10(3)14-7-11(13)12(4,5)8-14/h9-11H,6-8H2,1-5H3. The van der Waals surface area contributed by atoms with E-state index >= 15 is 0 Å². The van der Waals surface area contributed by atoms with Crippen molar-refractivity contribution in [2.24, 2.45) is 11.3 Å². The van der Waals surface area contributed by atoms with Crippen molar-refractivity contribution in [3.63, 3.8) is 0 Å². The Morgan fingerprint density at radius 1 is 1.36 bits per heavy atom. The zero-order chi connectivity index (χ0) is 10.9. The fraction of sp³-hybridized carbons (Fsp3) is 1.00. The average Bonchev–Trinajstić information content (AvgIpc) is 2.25. The second-order valence-electron chi connectivity index (χ2n) is 5.86. The Labute approximate surface area is 93.8 Å². The van der Waals surface area contributed by atoms with Crippen LogP contribution in [0.3, 0.4) is 0 Å². The summed E-state index contributed by atoms with van der Waals surface area (Å²) in [5.41, 5.74) is 0.285. The van der Waals surface area contributed by atoms with Gasteiger partial charge in [0.25, 0.3) is 0 Å². The van der Waals surface area contributed by atoms with Crippen molar-refractivity contribution in [3.8, 4) is 0 Å². The van der Waals surface area contributed by atoms with E-state index in [0.29, 0.717) is 11.4 Å². The highest BCUT2D eigenvalue weighted by Gasteiger charge is 2.39. The van der Waals surface area contributed by atoms with Crippen LogP contribution in [-0.4, -0.2) is 29.4 Å². The lowest BCUT2D eigenvalue weighted by atomic mass is 9.92. The number of hydrogen-bond acceptors (Lipinski definition) is 1. The number of rotatable bonds is 3. The predicted octanol–water partition coefficient (Wildman–Crippen LogP) is 3.37. The third-order valence-corrected chi connectivity index (χ3v) is 4.02. The van der Waals surface area contributed by atoms with Gasteiger partial charge in [0.2, 0.25) is 0 Å². The second kappa shape index (κ2) is 4.40. The molecule has 1 aliphatic heterocycles. The molecule has 14 heavy (non-hydrogen) atoms. The molecule has 1 saturated heterocycles. The van der Waals surface area contributed by atoms with Gasteiger partial charge in [0.05, 0.1) is 5.38 Å². The van der Waals surface area contributed by atoms with Crippen LogP contribution in [0.1, 0.15) is 41.0 Å². The van der Waals surface area contributed by atoms with Crippen molar-refractivity contribution in [1.82, 2.24) is 4.90 Å². The van der Waals surface area contributed by atoms with Gasteiger partial charge >= 0.3 is 0 Å². The smallest absolute Gasteiger partial charge is 0.0526 e. The lowest BCUT2D eigenvalue weighted by molar-refractivity contribution is 0.206. The lowest BCUT2D eigenvalue weighted by Gasteiger charge is -2.27. The zero-order valence-electron chi connectivity index (χ0n) is 10.2. The molecule has 0 N–H and O–H groups in total. The van der Waals surface area contributed by atoms with Gasteiger partial charge in [-0.05, 0) is 24.7 Å². The van der Waals surface area contributed by atoms with Gasteiger partial charge in [0.15, 0.2) is 0 Å². The van der Waals surface area contributed by atoms with Crippen molar-refractivity contribution >= 4 is 11.6 Å². The summed E-state index contributed by atoms with van der Waals surface area (Å²) < 4.78 is 0. The number of likely N-dealkylation sites (tertiary alicyclic amines) is 1. The van der Waals surface area contributed by atoms with Gasteiger partial charge < -0.3 is 0 Å². The molecule has 0 aromatic rings. The highest BCUT2D eigenvalue weighted by molar-refractivity contribution is 6.21. The lowest BCUT2D eigenvalue weighted by Crippen LogP contribution is -2.33. The van der Waals surface area contributed by atoms with E-state index in [9.17, 15) is 0 Å². The normalized spacial score (nSPS) is 29.8. The summed E-state index contributed by atoms with van der Waals surface area (Å²) in [6.45, 7) is 13.6. The molecule has 0 aromatic carbocycles. The topological polar surface area (TPSA) is 3.24 Å². The van der Waals surface area contributed by atoms with Crippen molar-refractivity contribution in [2.75, 3.05) is 13.1 Å². The molecular weight excluding hydrogens is 194 g/mol. The summed E-state index contributed by atoms with van der Waals surface area (Å²) >= 11 is 6.34. The molecule has 0 spiro atoms. The second-order valence-corrected chi connectivity index (χ2v) is 6.39. The average molecular weight is 218 g/mol. The van der Waals surface area contributed by atoms with E-state index in [1.165, 1.54) is 6.42 Å². The van der Waals surface area contributed by atoms with E-state index in [2.05, 4.69) is 39.5 Å². The summed E-state index contributed by atoms with van der Waals surface area (Å²) in [5, 5.41) is 0.317. The van der Waals surface area contributed by atoms with Gasteiger partial charge in [-0.15, -0.1) is 11.6 Å². The Hall–Kier alpha value is 0.250. The van der Waals surface area contributed by atoms with Crippen molar-refractivity contribution < 1.29 is 0 Å². The molecule has 2 heteroatoms. The molecule has 2 unspecified atom stereocenters. The van der Waals surface area contributed by atoms with E-state index in [0.717, 1.165) is 19.0 Å². The summed E-state index contributed by atoms with van der Waals surface area (Å²) in [7, 11) is 0. The van der Waals surface area contributed by atoms with Crippen LogP contribution in [0.4, 0.5) is 0 Å². The van der Waals surface area contributed by atoms with Crippen LogP contribution in [0.2, 0.25) is 0 Å². The Morgan fingerprint density at radius 3 is 2.29 bits per heavy atom. The van der Waals surface area contributed by atoms with E-state index in [1.54, 1.807) is 0 Å². The number of hydrogen-bond donors (Lipinski definition) is 0. The van der Waals surface area contributed by atoms with Crippen LogP contribution in [0.15, 0.2) is 0 Å². The zero-order valence-corrected chi connectivity index (χ0v) is 10.9. The molecule has 2 atom stereocenters. The Morgan fingerprint density at radius 2 is 1.93 bits per heavy atom. The SMILES string of the molecule is CC(C)CC(C)N1CC(Cl)C(C)(C)C1. The number of halogens is 1. The molecule has 1 heterocycles. The molecule has 1 nitrogen and oxygen atoms in total. The van der Waals surface area contributed by atoms with Gasteiger partial charge in [0.1, 0.15) is 0 Å². The molecule has 84 valence electrons. The fourth-order valence-electron chi connectivity index (χ4n) is 2.31. The molecule has 0 amide bonds. The van der Waals surface area contributed by atoms with Crippen LogP contribution in [0.25, 0.3) is 0 Å². The third kappa shape index (κ3) is 2.87. The first-order valence-corrected chi connectivity index (χ1v) is 6.14. The molecule has 1 rings (SSSR count). The highest BCUT2D eigenvalue weighted by Crippen LogP contribution is 2.35. The van der Waals surface area contributed by atoms with E-state index in [-0.39, 0.29) is 5.41 Å². The predicted molar refractivity (Wildman–Crippen MR) is 63.9 cm³/mol. The number of nitrogens with zero attached hydrogens (tertiary/aromatic N) is 1. The molecular formula is C12H24ClN. The number of alkyl halides is 1. The minimum Gasteiger partial charge on any atom is -0.299 e. The van der Waals surface area contributed by atoms with Crippen molar-refractivity contribution in [2.45, 2.75) is 52.5 Å². The van der Waals surface area contributed by atoms with E-state index in [4.69, 9.17) is 11.6 Å². The highest BCUT2D eigenvalue weighted by atomic mass is 35.5. The fourth-order valence-corrected chi connectivity index (χ4v) is 2.55. The minimum atomic E-state index is 0.285. The summed E-state index contributed by atoms with van der Waals surface area (Å²) in [6, 6.07) is 0.679.